The largest absolute Gasteiger partial charge is 0.495 e. The molecule has 0 saturated carbocycles. The Labute approximate surface area is 176 Å². The van der Waals surface area contributed by atoms with E-state index in [2.05, 4.69) is 24.9 Å². The highest BCUT2D eigenvalue weighted by Gasteiger charge is 2.17. The van der Waals surface area contributed by atoms with Crippen molar-refractivity contribution in [1.82, 2.24) is 0 Å². The molecule has 3 aromatic rings. The molecule has 0 spiro atoms. The lowest BCUT2D eigenvalue weighted by molar-refractivity contribution is -0.432. The van der Waals surface area contributed by atoms with Gasteiger partial charge in [0, 0.05) is 23.4 Å². The molecular formula is C18H17N3O7S2. The standard InChI is InChI=1S/C18H17N3O7S2/c1-19-16-6-5-13(9-17(16)26-2)21-20-12-4-3-11-7-14(29-28-27-22)10-18(15(11)8-12)30(23,24)25/h3-10,19,22H,1-2H3,(H,23,24,25)/b21-20+. The maximum Gasteiger partial charge on any atom is 0.295 e. The van der Waals surface area contributed by atoms with E-state index in [1.54, 1.807) is 50.6 Å². The summed E-state index contributed by atoms with van der Waals surface area (Å²) in [7, 11) is -1.23. The van der Waals surface area contributed by atoms with E-state index in [1.165, 1.54) is 12.1 Å². The Kier molecular flexibility index (Phi) is 6.87. The molecule has 0 saturated heterocycles. The number of ether oxygens (including phenoxy) is 1. The van der Waals surface area contributed by atoms with E-state index < -0.39 is 10.1 Å². The highest BCUT2D eigenvalue weighted by Crippen LogP contribution is 2.34. The van der Waals surface area contributed by atoms with Gasteiger partial charge in [0.25, 0.3) is 10.1 Å². The average molecular weight is 451 g/mol. The zero-order chi connectivity index (χ0) is 21.7. The number of rotatable bonds is 8. The van der Waals surface area contributed by atoms with Crippen molar-refractivity contribution < 1.29 is 32.3 Å². The molecule has 0 radical (unpaired) electrons. The predicted molar refractivity (Wildman–Crippen MR) is 111 cm³/mol. The Morgan fingerprint density at radius 2 is 1.73 bits per heavy atom. The van der Waals surface area contributed by atoms with Crippen LogP contribution in [0, 0.1) is 0 Å². The number of nitrogens with one attached hydrogen (secondary N) is 1. The molecule has 3 rings (SSSR count). The molecule has 12 heteroatoms. The van der Waals surface area contributed by atoms with Crippen LogP contribution < -0.4 is 10.1 Å². The van der Waals surface area contributed by atoms with Gasteiger partial charge in [0.1, 0.15) is 10.6 Å². The van der Waals surface area contributed by atoms with Crippen LogP contribution >= 0.6 is 12.0 Å². The van der Waals surface area contributed by atoms with Gasteiger partial charge in [-0.05, 0) is 41.8 Å². The lowest BCUT2D eigenvalue weighted by Crippen LogP contribution is -1.99. The van der Waals surface area contributed by atoms with Crippen LogP contribution in [0.2, 0.25) is 0 Å². The van der Waals surface area contributed by atoms with Crippen LogP contribution in [-0.2, 0) is 19.5 Å². The number of hydrogen-bond donors (Lipinski definition) is 3. The van der Waals surface area contributed by atoms with Crippen LogP contribution in [0.15, 0.2) is 68.6 Å². The second-order valence-electron chi connectivity index (χ2n) is 5.86. The van der Waals surface area contributed by atoms with Gasteiger partial charge in [-0.2, -0.15) is 18.6 Å². The van der Waals surface area contributed by atoms with Crippen LogP contribution in [0.4, 0.5) is 17.1 Å². The molecule has 3 aromatic carbocycles. The smallest absolute Gasteiger partial charge is 0.295 e. The van der Waals surface area contributed by atoms with Gasteiger partial charge in [0.05, 0.1) is 36.2 Å². The molecule has 0 atom stereocenters. The molecule has 10 nitrogen and oxygen atoms in total. The molecular weight excluding hydrogens is 434 g/mol. The van der Waals surface area contributed by atoms with E-state index >= 15 is 0 Å². The van der Waals surface area contributed by atoms with E-state index in [-0.39, 0.29) is 15.2 Å². The summed E-state index contributed by atoms with van der Waals surface area (Å²) in [5, 5.41) is 23.8. The van der Waals surface area contributed by atoms with Gasteiger partial charge in [-0.1, -0.05) is 11.1 Å². The number of benzene rings is 3. The maximum absolute atomic E-state index is 11.8. The molecule has 0 aliphatic rings. The number of hydrogen-bond acceptors (Lipinski definition) is 10. The van der Waals surface area contributed by atoms with Crippen molar-refractivity contribution in [2.24, 2.45) is 10.2 Å². The molecule has 0 aliphatic carbocycles. The van der Waals surface area contributed by atoms with Gasteiger partial charge in [0.15, 0.2) is 0 Å². The number of anilines is 1. The van der Waals surface area contributed by atoms with Crippen molar-refractivity contribution in [3.05, 3.63) is 48.5 Å². The van der Waals surface area contributed by atoms with Crippen molar-refractivity contribution >= 4 is 50.0 Å². The van der Waals surface area contributed by atoms with Gasteiger partial charge < -0.3 is 10.1 Å². The molecule has 0 heterocycles. The normalized spacial score (nSPS) is 11.9. The average Bonchev–Trinajstić information content (AvgIpc) is 2.74. The van der Waals surface area contributed by atoms with Crippen LogP contribution in [0.25, 0.3) is 10.8 Å². The molecule has 0 amide bonds. The fourth-order valence-electron chi connectivity index (χ4n) is 2.73. The molecule has 3 N–H and O–H groups in total. The summed E-state index contributed by atoms with van der Waals surface area (Å²) in [5.41, 5.74) is 1.71. The highest BCUT2D eigenvalue weighted by molar-refractivity contribution is 7.94. The SMILES string of the molecule is CNc1ccc(/N=N/c2ccc3cc(SOOO)cc(S(=O)(=O)O)c3c2)cc1OC. The van der Waals surface area contributed by atoms with Gasteiger partial charge in [-0.15, -0.1) is 4.33 Å². The van der Waals surface area contributed by atoms with E-state index in [0.29, 0.717) is 34.6 Å². The number of fused-ring (bicyclic) bond motifs is 1. The van der Waals surface area contributed by atoms with Gasteiger partial charge in [0.2, 0.25) is 0 Å². The summed E-state index contributed by atoms with van der Waals surface area (Å²) in [5.74, 6) is 0.597. The molecule has 0 fully saturated rings. The van der Waals surface area contributed by atoms with Crippen molar-refractivity contribution in [3.8, 4) is 5.75 Å². The minimum absolute atomic E-state index is 0.242. The third-order valence-corrected chi connectivity index (χ3v) is 5.50. The van der Waals surface area contributed by atoms with Gasteiger partial charge in [-0.3, -0.25) is 4.55 Å². The van der Waals surface area contributed by atoms with Gasteiger partial charge in [-0.25, -0.2) is 5.26 Å². The molecule has 0 aromatic heterocycles. The van der Waals surface area contributed by atoms with Crippen molar-refractivity contribution in [1.29, 1.82) is 0 Å². The van der Waals surface area contributed by atoms with Crippen molar-refractivity contribution in [2.45, 2.75) is 9.79 Å². The van der Waals surface area contributed by atoms with Crippen LogP contribution in [0.1, 0.15) is 0 Å². The third-order valence-electron chi connectivity index (χ3n) is 4.05. The Morgan fingerprint density at radius 3 is 2.37 bits per heavy atom. The summed E-state index contributed by atoms with van der Waals surface area (Å²) in [6.07, 6.45) is 0. The Morgan fingerprint density at radius 1 is 1.03 bits per heavy atom. The fourth-order valence-corrected chi connectivity index (χ4v) is 3.98. The summed E-state index contributed by atoms with van der Waals surface area (Å²) in [4.78, 5) is -0.0589. The van der Waals surface area contributed by atoms with Crippen LogP contribution in [-0.4, -0.2) is 32.4 Å². The first kappa shape index (κ1) is 22.0. The molecule has 0 aliphatic heterocycles. The van der Waals surface area contributed by atoms with E-state index in [0.717, 1.165) is 5.69 Å². The number of methoxy groups -OCH3 is 1. The molecule has 0 unspecified atom stereocenters. The van der Waals surface area contributed by atoms with Crippen LogP contribution in [0.5, 0.6) is 5.75 Å². The van der Waals surface area contributed by atoms with Crippen molar-refractivity contribution in [2.75, 3.05) is 19.5 Å². The predicted octanol–water partition coefficient (Wildman–Crippen LogP) is 4.98. The zero-order valence-electron chi connectivity index (χ0n) is 15.8. The second-order valence-corrected chi connectivity index (χ2v) is 8.03. The highest BCUT2D eigenvalue weighted by atomic mass is 32.2. The van der Waals surface area contributed by atoms with Crippen LogP contribution in [0.3, 0.4) is 0 Å². The van der Waals surface area contributed by atoms with Gasteiger partial charge >= 0.3 is 0 Å². The Bertz CT molecular complexity index is 1200. The number of azo groups is 1. The Hall–Kier alpha value is -2.74. The monoisotopic (exact) mass is 451 g/mol. The molecule has 30 heavy (non-hydrogen) atoms. The minimum Gasteiger partial charge on any atom is -0.495 e. The van der Waals surface area contributed by atoms with E-state index in [1.807, 2.05) is 0 Å². The summed E-state index contributed by atoms with van der Waals surface area (Å²) in [6, 6.07) is 12.8. The maximum atomic E-state index is 11.8. The zero-order valence-corrected chi connectivity index (χ0v) is 17.4. The number of nitrogens with zero attached hydrogens (tertiary/aromatic N) is 2. The first-order valence-corrected chi connectivity index (χ1v) is 10.5. The third kappa shape index (κ3) is 5.05. The lowest BCUT2D eigenvalue weighted by Gasteiger charge is -2.08. The summed E-state index contributed by atoms with van der Waals surface area (Å²) in [6.45, 7) is 0. The van der Waals surface area contributed by atoms with E-state index in [4.69, 9.17) is 9.99 Å². The minimum atomic E-state index is -4.55. The quantitative estimate of drug-likeness (QED) is 0.142. The van der Waals surface area contributed by atoms with Crippen molar-refractivity contribution in [3.63, 3.8) is 0 Å². The fraction of sp³-hybridized carbons (Fsp3) is 0.111. The summed E-state index contributed by atoms with van der Waals surface area (Å²) >= 11 is 0.577. The van der Waals surface area contributed by atoms with E-state index in [9.17, 15) is 13.0 Å². The molecule has 158 valence electrons. The lowest BCUT2D eigenvalue weighted by atomic mass is 10.1. The topological polar surface area (TPSA) is 139 Å². The molecule has 0 bridgehead atoms. The first-order chi connectivity index (χ1) is 14.4. The summed E-state index contributed by atoms with van der Waals surface area (Å²) < 4.78 is 42.9. The first-order valence-electron chi connectivity index (χ1n) is 8.33. The Balaban J connectivity index is 2.01. The second kappa shape index (κ2) is 9.38.